The molecular formula is C24H53N2O4Si+. The van der Waals surface area contributed by atoms with E-state index in [0.717, 1.165) is 19.3 Å². The molecule has 7 heteroatoms. The first-order chi connectivity index (χ1) is 15.1. The molecule has 0 bridgehead atoms. The van der Waals surface area contributed by atoms with Crippen LogP contribution in [0.1, 0.15) is 103 Å². The predicted octanol–water partition coefficient (Wildman–Crippen LogP) is 3.58. The average molecular weight is 462 g/mol. The van der Waals surface area contributed by atoms with Gasteiger partial charge in [0.15, 0.2) is 0 Å². The van der Waals surface area contributed by atoms with Gasteiger partial charge >= 0.3 is 0 Å². The quantitative estimate of drug-likeness (QED) is 0.160. The minimum absolute atomic E-state index is 0.0811. The van der Waals surface area contributed by atoms with Crippen molar-refractivity contribution in [2.75, 3.05) is 39.2 Å². The summed E-state index contributed by atoms with van der Waals surface area (Å²) in [4.78, 5) is 14.5. The Bertz CT molecular complexity index is 401. The van der Waals surface area contributed by atoms with Crippen LogP contribution in [0.4, 0.5) is 0 Å². The molecule has 31 heavy (non-hydrogen) atoms. The highest BCUT2D eigenvalue weighted by atomic mass is 28.4. The lowest BCUT2D eigenvalue weighted by atomic mass is 10.0. The molecule has 0 aliphatic rings. The first kappa shape index (κ1) is 30.5. The Morgan fingerprint density at radius 2 is 1.29 bits per heavy atom. The molecule has 0 unspecified atom stereocenters. The largest absolute Gasteiger partial charge is 0.415 e. The maximum absolute atomic E-state index is 12.6. The monoisotopic (exact) mass is 461 g/mol. The highest BCUT2D eigenvalue weighted by molar-refractivity contribution is 6.73. The van der Waals surface area contributed by atoms with Crippen molar-refractivity contribution in [2.24, 2.45) is 0 Å². The average Bonchev–Trinajstić information content (AvgIpc) is 2.79. The van der Waals surface area contributed by atoms with Gasteiger partial charge in [0.05, 0.1) is 25.5 Å². The molecule has 186 valence electrons. The third kappa shape index (κ3) is 15.9. The van der Waals surface area contributed by atoms with E-state index in [1.807, 2.05) is 4.90 Å². The van der Waals surface area contributed by atoms with Crippen molar-refractivity contribution in [3.8, 4) is 0 Å². The van der Waals surface area contributed by atoms with Gasteiger partial charge in [0.25, 0.3) is 0 Å². The zero-order chi connectivity index (χ0) is 23.2. The molecule has 1 amide bonds. The standard InChI is InChI=1S/C24H52N2O4Si/c1-3-4-5-6-7-8-9-10-11-12-13-14-15-17-24(29)26(20-18-25)19-16-21-31(22-27,23-28)30-2/h27-28H,3-23,25H2,1-2H3/p+1. The van der Waals surface area contributed by atoms with E-state index in [0.29, 0.717) is 32.1 Å². The smallest absolute Gasteiger partial charge is 0.242 e. The lowest BCUT2D eigenvalue weighted by Crippen LogP contribution is -2.56. The maximum atomic E-state index is 12.6. The van der Waals surface area contributed by atoms with Crippen molar-refractivity contribution in [3.05, 3.63) is 0 Å². The van der Waals surface area contributed by atoms with Crippen molar-refractivity contribution in [1.82, 2.24) is 4.90 Å². The van der Waals surface area contributed by atoms with E-state index >= 15 is 0 Å². The van der Waals surface area contributed by atoms with E-state index in [1.54, 1.807) is 7.11 Å². The van der Waals surface area contributed by atoms with Gasteiger partial charge in [0, 0.05) is 20.1 Å². The van der Waals surface area contributed by atoms with Crippen molar-refractivity contribution < 1.29 is 25.2 Å². The zero-order valence-electron chi connectivity index (χ0n) is 20.7. The number of unbranched alkanes of at least 4 members (excludes halogenated alkanes) is 12. The maximum Gasteiger partial charge on any atom is 0.242 e. The highest BCUT2D eigenvalue weighted by Crippen LogP contribution is 2.15. The Morgan fingerprint density at radius 3 is 1.71 bits per heavy atom. The molecule has 0 aromatic heterocycles. The van der Waals surface area contributed by atoms with Crippen LogP contribution < -0.4 is 5.73 Å². The van der Waals surface area contributed by atoms with Gasteiger partial charge < -0.3 is 25.3 Å². The van der Waals surface area contributed by atoms with Crippen molar-refractivity contribution in [1.29, 1.82) is 0 Å². The fourth-order valence-corrected chi connectivity index (χ4v) is 5.72. The van der Waals surface area contributed by atoms with Crippen LogP contribution in [0.25, 0.3) is 0 Å². The van der Waals surface area contributed by atoms with Crippen LogP contribution in [0.3, 0.4) is 0 Å². The number of carbonyl (C=O) groups is 1. The van der Waals surface area contributed by atoms with Gasteiger partial charge in [-0.1, -0.05) is 84.0 Å². The summed E-state index contributed by atoms with van der Waals surface area (Å²) >= 11 is 0. The first-order valence-electron chi connectivity index (χ1n) is 12.9. The van der Waals surface area contributed by atoms with Crippen LogP contribution in [-0.2, 0) is 9.22 Å². The Labute approximate surface area is 193 Å². The molecular weight excluding hydrogens is 408 g/mol. The third-order valence-corrected chi connectivity index (χ3v) is 9.63. The minimum Gasteiger partial charge on any atom is -0.415 e. The molecule has 0 aliphatic heterocycles. The summed E-state index contributed by atoms with van der Waals surface area (Å²) in [5.74, 6) is 0.212. The van der Waals surface area contributed by atoms with E-state index in [4.69, 9.17) is 4.43 Å². The zero-order valence-corrected chi connectivity index (χ0v) is 21.7. The molecule has 0 radical (unpaired) electrons. The van der Waals surface area contributed by atoms with Gasteiger partial charge in [-0.25, -0.2) is 0 Å². The fourth-order valence-electron chi connectivity index (χ4n) is 4.04. The van der Waals surface area contributed by atoms with Crippen molar-refractivity contribution in [3.63, 3.8) is 0 Å². The molecule has 0 saturated carbocycles. The highest BCUT2D eigenvalue weighted by Gasteiger charge is 2.32. The van der Waals surface area contributed by atoms with E-state index in [9.17, 15) is 15.0 Å². The van der Waals surface area contributed by atoms with Crippen molar-refractivity contribution in [2.45, 2.75) is 109 Å². The second-order valence-electron chi connectivity index (χ2n) is 9.03. The number of nitrogens with zero attached hydrogens (tertiary/aromatic N) is 1. The van der Waals surface area contributed by atoms with Crippen LogP contribution >= 0.6 is 0 Å². The normalized spacial score (nSPS) is 11.8. The summed E-state index contributed by atoms with van der Waals surface area (Å²) in [5, 5.41) is 19.1. The number of quaternary nitrogens is 1. The second-order valence-corrected chi connectivity index (χ2v) is 12.9. The number of rotatable bonds is 23. The molecule has 0 fully saturated rings. The van der Waals surface area contributed by atoms with E-state index in [2.05, 4.69) is 12.7 Å². The SMILES string of the molecule is CCCCCCCCCCCCCCCC(=O)N(CC[NH3+])CCC[Si](CO)(CO)OC. The van der Waals surface area contributed by atoms with Crippen LogP contribution in [0.5, 0.6) is 0 Å². The Hall–Kier alpha value is -0.473. The number of aliphatic hydroxyl groups excluding tert-OH is 2. The number of hydrogen-bond donors (Lipinski definition) is 3. The van der Waals surface area contributed by atoms with Crippen LogP contribution in [0, 0.1) is 0 Å². The molecule has 0 rings (SSSR count). The Morgan fingerprint density at radius 1 is 0.806 bits per heavy atom. The predicted molar refractivity (Wildman–Crippen MR) is 131 cm³/mol. The molecule has 0 saturated heterocycles. The van der Waals surface area contributed by atoms with Crippen LogP contribution in [-0.4, -0.2) is 68.5 Å². The van der Waals surface area contributed by atoms with Crippen LogP contribution in [0.15, 0.2) is 0 Å². The van der Waals surface area contributed by atoms with Gasteiger partial charge in [-0.15, -0.1) is 0 Å². The van der Waals surface area contributed by atoms with E-state index < -0.39 is 8.32 Å². The Balaban J connectivity index is 3.81. The molecule has 0 aromatic carbocycles. The van der Waals surface area contributed by atoms with Gasteiger partial charge in [-0.3, -0.25) is 4.79 Å². The number of hydrogen-bond acceptors (Lipinski definition) is 4. The second kappa shape index (κ2) is 21.4. The van der Waals surface area contributed by atoms with Crippen LogP contribution in [0.2, 0.25) is 6.04 Å². The molecule has 0 heterocycles. The molecule has 0 atom stereocenters. The molecule has 0 aromatic rings. The van der Waals surface area contributed by atoms with E-state index in [-0.39, 0.29) is 18.4 Å². The summed E-state index contributed by atoms with van der Waals surface area (Å²) in [7, 11) is -0.883. The molecule has 5 N–H and O–H groups in total. The van der Waals surface area contributed by atoms with Crippen molar-refractivity contribution >= 4 is 14.2 Å². The van der Waals surface area contributed by atoms with Gasteiger partial charge in [0.2, 0.25) is 14.2 Å². The fraction of sp³-hybridized carbons (Fsp3) is 0.958. The summed E-state index contributed by atoms with van der Waals surface area (Å²) in [6, 6.07) is 0.663. The summed E-state index contributed by atoms with van der Waals surface area (Å²) in [5.41, 5.74) is 3.89. The first-order valence-corrected chi connectivity index (χ1v) is 15.5. The number of aliphatic hydroxyl groups is 2. The van der Waals surface area contributed by atoms with Gasteiger partial charge in [0.1, 0.15) is 0 Å². The number of carbonyl (C=O) groups excluding carboxylic acids is 1. The third-order valence-electron chi connectivity index (χ3n) is 6.34. The van der Waals surface area contributed by atoms with Gasteiger partial charge in [-0.05, 0) is 18.9 Å². The Kier molecular flexibility index (Phi) is 21.1. The lowest BCUT2D eigenvalue weighted by molar-refractivity contribution is -0.368. The molecule has 6 nitrogen and oxygen atoms in total. The molecule has 0 aliphatic carbocycles. The molecule has 0 spiro atoms. The lowest BCUT2D eigenvalue weighted by Gasteiger charge is -2.27. The summed E-state index contributed by atoms with van der Waals surface area (Å²) in [6.07, 6.45) is 18.2. The summed E-state index contributed by atoms with van der Waals surface area (Å²) < 4.78 is 5.41. The van der Waals surface area contributed by atoms with E-state index in [1.165, 1.54) is 70.6 Å². The minimum atomic E-state index is -2.45. The topological polar surface area (TPSA) is 97.6 Å². The summed E-state index contributed by atoms with van der Waals surface area (Å²) in [6.45, 7) is 4.31. The number of amides is 1. The van der Waals surface area contributed by atoms with Gasteiger partial charge in [-0.2, -0.15) is 0 Å².